The Morgan fingerprint density at radius 3 is 1.79 bits per heavy atom. The van der Waals surface area contributed by atoms with E-state index in [0.29, 0.717) is 19.4 Å². The van der Waals surface area contributed by atoms with Crippen molar-refractivity contribution in [1.29, 1.82) is 0 Å². The summed E-state index contributed by atoms with van der Waals surface area (Å²) < 4.78 is 0. The van der Waals surface area contributed by atoms with Crippen molar-refractivity contribution in [3.05, 3.63) is 0 Å². The molecule has 15 heteroatoms. The van der Waals surface area contributed by atoms with E-state index >= 15 is 0 Å². The van der Waals surface area contributed by atoms with Crippen LogP contribution in [-0.2, 0) is 28.8 Å². The number of aliphatic hydroxyl groups excluding tert-OH is 1. The lowest BCUT2D eigenvalue weighted by Crippen LogP contribution is -2.58. The molecule has 0 bridgehead atoms. The number of hydrogen-bond acceptors (Lipinski definition) is 9. The lowest BCUT2D eigenvalue weighted by atomic mass is 10.1. The first-order chi connectivity index (χ1) is 15.3. The Bertz CT molecular complexity index is 731. The van der Waals surface area contributed by atoms with Crippen LogP contribution in [0.1, 0.15) is 39.0 Å². The minimum Gasteiger partial charge on any atom is -0.480 e. The van der Waals surface area contributed by atoms with Crippen molar-refractivity contribution in [3.8, 4) is 0 Å². The molecule has 13 N–H and O–H groups in total. The molecule has 0 aliphatic rings. The van der Waals surface area contributed by atoms with Crippen molar-refractivity contribution in [1.82, 2.24) is 16.0 Å². The molecule has 0 aromatic rings. The molecule has 0 aromatic heterocycles. The zero-order valence-corrected chi connectivity index (χ0v) is 18.3. The van der Waals surface area contributed by atoms with Gasteiger partial charge < -0.3 is 49.1 Å². The van der Waals surface area contributed by atoms with Crippen molar-refractivity contribution in [3.63, 3.8) is 0 Å². The molecule has 5 unspecified atom stereocenters. The highest BCUT2D eigenvalue weighted by Gasteiger charge is 2.32. The van der Waals surface area contributed by atoms with Gasteiger partial charge >= 0.3 is 5.97 Å². The summed E-state index contributed by atoms with van der Waals surface area (Å²) in [5, 5.41) is 25.3. The van der Waals surface area contributed by atoms with Gasteiger partial charge in [0.05, 0.1) is 25.0 Å². The maximum atomic E-state index is 12.7. The van der Waals surface area contributed by atoms with Crippen molar-refractivity contribution in [2.24, 2.45) is 22.9 Å². The fraction of sp³-hybridized carbons (Fsp3) is 0.667. The van der Waals surface area contributed by atoms with Crippen molar-refractivity contribution < 1.29 is 39.0 Å². The number of rotatable bonds is 16. The third kappa shape index (κ3) is 11.8. The molecule has 0 fully saturated rings. The van der Waals surface area contributed by atoms with Crippen LogP contribution >= 0.6 is 0 Å². The summed E-state index contributed by atoms with van der Waals surface area (Å²) in [6.45, 7) is 1.46. The Morgan fingerprint density at radius 2 is 1.33 bits per heavy atom. The monoisotopic (exact) mass is 475 g/mol. The molecule has 15 nitrogen and oxygen atoms in total. The average Bonchev–Trinajstić information content (AvgIpc) is 2.69. The summed E-state index contributed by atoms with van der Waals surface area (Å²) in [6.07, 6.45) is -1.69. The highest BCUT2D eigenvalue weighted by molar-refractivity contribution is 5.96. The number of amides is 5. The molecular weight excluding hydrogens is 442 g/mol. The lowest BCUT2D eigenvalue weighted by molar-refractivity contribution is -0.145. The molecule has 0 saturated carbocycles. The second-order valence-electron chi connectivity index (χ2n) is 7.42. The van der Waals surface area contributed by atoms with E-state index in [0.717, 1.165) is 6.92 Å². The molecule has 0 saturated heterocycles. The highest BCUT2D eigenvalue weighted by Crippen LogP contribution is 2.05. The molecule has 0 rings (SSSR count). The predicted molar refractivity (Wildman–Crippen MR) is 114 cm³/mol. The summed E-state index contributed by atoms with van der Waals surface area (Å²) in [6, 6.07) is -5.85. The van der Waals surface area contributed by atoms with Gasteiger partial charge in [0.2, 0.25) is 29.5 Å². The Labute approximate surface area is 190 Å². The summed E-state index contributed by atoms with van der Waals surface area (Å²) in [5.41, 5.74) is 21.1. The number of carboxylic acids is 1. The maximum Gasteiger partial charge on any atom is 0.328 e. The first-order valence-electron chi connectivity index (χ1n) is 10.1. The van der Waals surface area contributed by atoms with Crippen LogP contribution in [0.2, 0.25) is 0 Å². The van der Waals surface area contributed by atoms with Crippen LogP contribution in [0.15, 0.2) is 0 Å². The zero-order valence-electron chi connectivity index (χ0n) is 18.3. The zero-order chi connectivity index (χ0) is 25.7. The second-order valence-corrected chi connectivity index (χ2v) is 7.42. The number of carbonyl (C=O) groups is 6. The molecule has 0 aromatic carbocycles. The smallest absolute Gasteiger partial charge is 0.328 e. The molecule has 0 aliphatic carbocycles. The minimum absolute atomic E-state index is 0.0410. The van der Waals surface area contributed by atoms with Gasteiger partial charge in [0.1, 0.15) is 12.1 Å². The Morgan fingerprint density at radius 1 is 0.818 bits per heavy atom. The van der Waals surface area contributed by atoms with Gasteiger partial charge in [0.15, 0.2) is 6.04 Å². The molecule has 33 heavy (non-hydrogen) atoms. The maximum absolute atomic E-state index is 12.7. The number of hydrogen-bond donors (Lipinski definition) is 9. The van der Waals surface area contributed by atoms with Crippen LogP contribution in [0, 0.1) is 0 Å². The van der Waals surface area contributed by atoms with E-state index in [9.17, 15) is 33.9 Å². The van der Waals surface area contributed by atoms with Crippen molar-refractivity contribution in [2.45, 2.75) is 69.3 Å². The number of carbonyl (C=O) groups excluding carboxylic acids is 5. The molecule has 5 atom stereocenters. The molecular formula is C18H33N7O8. The average molecular weight is 476 g/mol. The van der Waals surface area contributed by atoms with Gasteiger partial charge in [-0.1, -0.05) is 0 Å². The summed E-state index contributed by atoms with van der Waals surface area (Å²) >= 11 is 0. The first kappa shape index (κ1) is 29.7. The van der Waals surface area contributed by atoms with E-state index in [1.807, 2.05) is 0 Å². The second kappa shape index (κ2) is 14.7. The number of nitrogens with one attached hydrogen (secondary N) is 3. The van der Waals surface area contributed by atoms with Crippen LogP contribution in [0.3, 0.4) is 0 Å². The van der Waals surface area contributed by atoms with Gasteiger partial charge in [-0.05, 0) is 32.7 Å². The molecule has 0 heterocycles. The van der Waals surface area contributed by atoms with Crippen molar-refractivity contribution in [2.75, 3.05) is 6.54 Å². The SMILES string of the molecule is CC(O)C(NC(=O)C(CCCCN)NC(=O)C(CC(N)=O)NC(=O)C(N)CC(N)=O)C(=O)O. The predicted octanol–water partition coefficient (Wildman–Crippen LogP) is -4.89. The number of aliphatic hydroxyl groups is 1. The molecule has 0 spiro atoms. The normalized spacial score (nSPS) is 15.3. The number of unbranched alkanes of at least 4 members (excludes halogenated alkanes) is 1. The van der Waals surface area contributed by atoms with Gasteiger partial charge in [0, 0.05) is 0 Å². The van der Waals surface area contributed by atoms with E-state index in [-0.39, 0.29) is 6.42 Å². The Balaban J connectivity index is 5.53. The largest absolute Gasteiger partial charge is 0.480 e. The summed E-state index contributed by atoms with van der Waals surface area (Å²) in [7, 11) is 0. The summed E-state index contributed by atoms with van der Waals surface area (Å²) in [5.74, 6) is -6.17. The Kier molecular flexibility index (Phi) is 13.2. The summed E-state index contributed by atoms with van der Waals surface area (Å²) in [4.78, 5) is 71.0. The van der Waals surface area contributed by atoms with Crippen LogP contribution < -0.4 is 38.9 Å². The number of aliphatic carboxylic acids is 1. The number of primary amides is 2. The third-order valence-corrected chi connectivity index (χ3v) is 4.42. The van der Waals surface area contributed by atoms with E-state index < -0.39 is 78.6 Å². The van der Waals surface area contributed by atoms with E-state index in [4.69, 9.17) is 28.0 Å². The van der Waals surface area contributed by atoms with E-state index in [1.165, 1.54) is 0 Å². The topological polar surface area (TPSA) is 283 Å². The van der Waals surface area contributed by atoms with E-state index in [2.05, 4.69) is 16.0 Å². The fourth-order valence-electron chi connectivity index (χ4n) is 2.68. The van der Waals surface area contributed by atoms with Crippen LogP contribution in [-0.4, -0.2) is 82.5 Å². The fourth-order valence-corrected chi connectivity index (χ4v) is 2.68. The molecule has 5 amide bonds. The van der Waals surface area contributed by atoms with Gasteiger partial charge in [-0.25, -0.2) is 4.79 Å². The van der Waals surface area contributed by atoms with Gasteiger partial charge in [-0.2, -0.15) is 0 Å². The van der Waals surface area contributed by atoms with Crippen molar-refractivity contribution >= 4 is 35.5 Å². The molecule has 188 valence electrons. The quantitative estimate of drug-likeness (QED) is 0.0958. The number of carboxylic acid groups (broad SMARTS) is 1. The third-order valence-electron chi connectivity index (χ3n) is 4.42. The van der Waals surface area contributed by atoms with Gasteiger partial charge in [-0.15, -0.1) is 0 Å². The Hall–Kier alpha value is -3.30. The highest BCUT2D eigenvalue weighted by atomic mass is 16.4. The standard InChI is InChI=1S/C18H33N7O8/c1-8(26)14(18(32)33)25-16(30)10(4-2-3-5-19)23-17(31)11(7-13(22)28)24-15(29)9(20)6-12(21)27/h8-11,14,26H,2-7,19-20H2,1H3,(H2,21,27)(H2,22,28)(H,23,31)(H,24,29)(H,25,30)(H,32,33). The number of nitrogens with two attached hydrogens (primary N) is 4. The van der Waals surface area contributed by atoms with Gasteiger partial charge in [0.25, 0.3) is 0 Å². The van der Waals surface area contributed by atoms with E-state index in [1.54, 1.807) is 0 Å². The van der Waals surface area contributed by atoms with Crippen LogP contribution in [0.25, 0.3) is 0 Å². The lowest BCUT2D eigenvalue weighted by Gasteiger charge is -2.25. The molecule has 0 aliphatic heterocycles. The van der Waals surface area contributed by atoms with Gasteiger partial charge in [-0.3, -0.25) is 24.0 Å². The molecule has 0 radical (unpaired) electrons. The minimum atomic E-state index is -1.64. The van der Waals surface area contributed by atoms with Crippen LogP contribution in [0.4, 0.5) is 0 Å². The van der Waals surface area contributed by atoms with Crippen LogP contribution in [0.5, 0.6) is 0 Å². The first-order valence-corrected chi connectivity index (χ1v) is 10.1.